The van der Waals surface area contributed by atoms with E-state index in [0.717, 1.165) is 69.9 Å². The Morgan fingerprint density at radius 1 is 1.18 bits per heavy atom. The minimum atomic E-state index is 0.124. The molecule has 0 unspecified atom stereocenters. The zero-order valence-corrected chi connectivity index (χ0v) is 17.6. The second-order valence-corrected chi connectivity index (χ2v) is 8.83. The van der Waals surface area contributed by atoms with Crippen molar-refractivity contribution in [3.05, 3.63) is 23.8 Å². The topological polar surface area (TPSA) is 70.2 Å². The molecule has 1 saturated heterocycles. The lowest BCUT2D eigenvalue weighted by Gasteiger charge is -2.35. The van der Waals surface area contributed by atoms with Crippen molar-refractivity contribution in [2.45, 2.75) is 40.3 Å². The zero-order chi connectivity index (χ0) is 20.1. The van der Waals surface area contributed by atoms with E-state index in [1.807, 2.05) is 0 Å². The summed E-state index contributed by atoms with van der Waals surface area (Å²) in [5.41, 5.74) is 2.25. The third kappa shape index (κ3) is 5.28. The molecule has 3 rings (SSSR count). The van der Waals surface area contributed by atoms with E-state index in [0.29, 0.717) is 0 Å². The summed E-state index contributed by atoms with van der Waals surface area (Å²) in [5.74, 6) is 0.233. The SMILES string of the molecule is COCCCN1CCN(Cc2cc3cnc(C#N)nc3n2CC(C)(C)C)CC1. The van der Waals surface area contributed by atoms with Gasteiger partial charge in [-0.05, 0) is 17.9 Å². The summed E-state index contributed by atoms with van der Waals surface area (Å²) < 4.78 is 7.44. The van der Waals surface area contributed by atoms with E-state index in [1.165, 1.54) is 5.69 Å². The van der Waals surface area contributed by atoms with Crippen LogP contribution in [0.2, 0.25) is 0 Å². The molecule has 7 heteroatoms. The Balaban J connectivity index is 1.74. The van der Waals surface area contributed by atoms with Gasteiger partial charge in [0.05, 0.1) is 0 Å². The normalized spacial score (nSPS) is 16.5. The Morgan fingerprint density at radius 2 is 1.89 bits per heavy atom. The number of ether oxygens (including phenoxy) is 1. The van der Waals surface area contributed by atoms with E-state index >= 15 is 0 Å². The van der Waals surface area contributed by atoms with Crippen molar-refractivity contribution in [1.82, 2.24) is 24.3 Å². The third-order valence-electron chi connectivity index (χ3n) is 5.13. The van der Waals surface area contributed by atoms with Gasteiger partial charge in [-0.25, -0.2) is 9.97 Å². The molecule has 28 heavy (non-hydrogen) atoms. The Bertz CT molecular complexity index is 824. The van der Waals surface area contributed by atoms with Gasteiger partial charge >= 0.3 is 0 Å². The number of nitriles is 1. The van der Waals surface area contributed by atoms with Crippen LogP contribution in [0.15, 0.2) is 12.3 Å². The molecule has 3 heterocycles. The third-order valence-corrected chi connectivity index (χ3v) is 5.13. The fraction of sp³-hybridized carbons (Fsp3) is 0.667. The van der Waals surface area contributed by atoms with Crippen LogP contribution < -0.4 is 0 Å². The predicted molar refractivity (Wildman–Crippen MR) is 110 cm³/mol. The maximum absolute atomic E-state index is 9.19. The van der Waals surface area contributed by atoms with Crippen LogP contribution in [0.25, 0.3) is 11.0 Å². The molecule has 0 aliphatic carbocycles. The van der Waals surface area contributed by atoms with Crippen molar-refractivity contribution in [1.29, 1.82) is 5.26 Å². The maximum atomic E-state index is 9.19. The lowest BCUT2D eigenvalue weighted by atomic mass is 9.97. The van der Waals surface area contributed by atoms with Gasteiger partial charge in [-0.1, -0.05) is 20.8 Å². The molecule has 0 N–H and O–H groups in total. The quantitative estimate of drug-likeness (QED) is 0.683. The van der Waals surface area contributed by atoms with Gasteiger partial charge in [0.2, 0.25) is 5.82 Å². The van der Waals surface area contributed by atoms with Gasteiger partial charge in [0.25, 0.3) is 0 Å². The lowest BCUT2D eigenvalue weighted by molar-refractivity contribution is 0.111. The van der Waals surface area contributed by atoms with Crippen molar-refractivity contribution >= 4 is 11.0 Å². The highest BCUT2D eigenvalue weighted by Gasteiger charge is 2.22. The average Bonchev–Trinajstić information content (AvgIpc) is 2.98. The first-order valence-corrected chi connectivity index (χ1v) is 10.1. The summed E-state index contributed by atoms with van der Waals surface area (Å²) >= 11 is 0. The van der Waals surface area contributed by atoms with Crippen LogP contribution >= 0.6 is 0 Å². The summed E-state index contributed by atoms with van der Waals surface area (Å²) in [6.45, 7) is 14.7. The van der Waals surface area contributed by atoms with Crippen LogP contribution in [0.5, 0.6) is 0 Å². The molecular formula is C21H32N6O. The number of piperazine rings is 1. The van der Waals surface area contributed by atoms with Crippen LogP contribution in [0, 0.1) is 16.7 Å². The summed E-state index contributed by atoms with van der Waals surface area (Å²) in [4.78, 5) is 13.7. The van der Waals surface area contributed by atoms with E-state index in [-0.39, 0.29) is 11.2 Å². The number of fused-ring (bicyclic) bond motifs is 1. The minimum absolute atomic E-state index is 0.124. The van der Waals surface area contributed by atoms with Crippen molar-refractivity contribution in [2.75, 3.05) is 46.4 Å². The first-order valence-electron chi connectivity index (χ1n) is 10.1. The second kappa shape index (κ2) is 8.99. The highest BCUT2D eigenvalue weighted by Crippen LogP contribution is 2.25. The molecule has 1 aliphatic heterocycles. The van der Waals surface area contributed by atoms with Crippen LogP contribution in [-0.2, 0) is 17.8 Å². The molecule has 2 aromatic heterocycles. The fourth-order valence-electron chi connectivity index (χ4n) is 3.76. The molecule has 2 aromatic rings. The lowest BCUT2D eigenvalue weighted by Crippen LogP contribution is -2.46. The zero-order valence-electron chi connectivity index (χ0n) is 17.6. The molecule has 0 spiro atoms. The van der Waals surface area contributed by atoms with Crippen LogP contribution in [-0.4, -0.2) is 70.8 Å². The minimum Gasteiger partial charge on any atom is -0.385 e. The van der Waals surface area contributed by atoms with Crippen LogP contribution in [0.4, 0.5) is 0 Å². The standard InChI is InChI=1S/C21H32N6O/c1-21(2,3)16-27-18(12-17-14-23-19(13-22)24-20(17)27)15-26-9-7-25(8-10-26)6-5-11-28-4/h12,14H,5-11,15-16H2,1-4H3. The second-order valence-electron chi connectivity index (χ2n) is 8.83. The van der Waals surface area contributed by atoms with Gasteiger partial charge in [-0.3, -0.25) is 4.90 Å². The Labute approximate surface area is 167 Å². The van der Waals surface area contributed by atoms with E-state index < -0.39 is 0 Å². The number of methoxy groups -OCH3 is 1. The molecule has 0 radical (unpaired) electrons. The monoisotopic (exact) mass is 384 g/mol. The first kappa shape index (κ1) is 20.7. The van der Waals surface area contributed by atoms with Crippen LogP contribution in [0.3, 0.4) is 0 Å². The molecule has 0 atom stereocenters. The molecule has 0 aromatic carbocycles. The summed E-state index contributed by atoms with van der Waals surface area (Å²) in [7, 11) is 1.76. The summed E-state index contributed by atoms with van der Waals surface area (Å²) in [5, 5.41) is 10.2. The van der Waals surface area contributed by atoms with Crippen molar-refractivity contribution in [3.8, 4) is 6.07 Å². The smallest absolute Gasteiger partial charge is 0.234 e. The molecular weight excluding hydrogens is 352 g/mol. The number of hydrogen-bond donors (Lipinski definition) is 0. The van der Waals surface area contributed by atoms with E-state index in [1.54, 1.807) is 13.3 Å². The fourth-order valence-corrected chi connectivity index (χ4v) is 3.76. The van der Waals surface area contributed by atoms with Gasteiger partial charge < -0.3 is 14.2 Å². The number of nitrogens with zero attached hydrogens (tertiary/aromatic N) is 6. The first-order chi connectivity index (χ1) is 13.4. The van der Waals surface area contributed by atoms with Crippen molar-refractivity contribution in [2.24, 2.45) is 5.41 Å². The Morgan fingerprint density at radius 3 is 2.54 bits per heavy atom. The van der Waals surface area contributed by atoms with Gasteiger partial charge in [0.15, 0.2) is 0 Å². The summed E-state index contributed by atoms with van der Waals surface area (Å²) in [6, 6.07) is 4.25. The highest BCUT2D eigenvalue weighted by atomic mass is 16.5. The van der Waals surface area contributed by atoms with Gasteiger partial charge in [-0.15, -0.1) is 0 Å². The van der Waals surface area contributed by atoms with Gasteiger partial charge in [-0.2, -0.15) is 5.26 Å². The molecule has 0 saturated carbocycles. The summed E-state index contributed by atoms with van der Waals surface area (Å²) in [6.07, 6.45) is 2.87. The Kier molecular flexibility index (Phi) is 6.65. The number of aromatic nitrogens is 3. The molecule has 7 nitrogen and oxygen atoms in total. The van der Waals surface area contributed by atoms with E-state index in [9.17, 15) is 5.26 Å². The number of rotatable bonds is 7. The molecule has 1 aliphatic rings. The Hall–Kier alpha value is -2.01. The van der Waals surface area contributed by atoms with Gasteiger partial charge in [0, 0.05) is 76.8 Å². The highest BCUT2D eigenvalue weighted by molar-refractivity contribution is 5.77. The van der Waals surface area contributed by atoms with E-state index in [2.05, 4.69) is 57.2 Å². The molecule has 0 amide bonds. The van der Waals surface area contributed by atoms with Crippen LogP contribution in [0.1, 0.15) is 38.7 Å². The largest absolute Gasteiger partial charge is 0.385 e. The van der Waals surface area contributed by atoms with Crippen molar-refractivity contribution in [3.63, 3.8) is 0 Å². The van der Waals surface area contributed by atoms with Gasteiger partial charge in [0.1, 0.15) is 11.7 Å². The van der Waals surface area contributed by atoms with Crippen molar-refractivity contribution < 1.29 is 4.74 Å². The predicted octanol–water partition coefficient (Wildman–Crippen LogP) is 2.50. The number of hydrogen-bond acceptors (Lipinski definition) is 6. The van der Waals surface area contributed by atoms with E-state index in [4.69, 9.17) is 4.74 Å². The molecule has 0 bridgehead atoms. The molecule has 152 valence electrons. The molecule has 1 fully saturated rings. The average molecular weight is 385 g/mol. The maximum Gasteiger partial charge on any atom is 0.234 e.